The molecule has 0 amide bonds. The number of pyridine rings is 1. The van der Waals surface area contributed by atoms with Crippen LogP contribution >= 0.6 is 11.6 Å². The van der Waals surface area contributed by atoms with Crippen LogP contribution < -0.4 is 0 Å². The number of aryl methyl sites for hydroxylation is 1. The van der Waals surface area contributed by atoms with Gasteiger partial charge < -0.3 is 0 Å². The van der Waals surface area contributed by atoms with Gasteiger partial charge in [0.15, 0.2) is 0 Å². The van der Waals surface area contributed by atoms with Crippen molar-refractivity contribution in [1.29, 1.82) is 0 Å². The highest BCUT2D eigenvalue weighted by Crippen LogP contribution is 2.36. The lowest BCUT2D eigenvalue weighted by molar-refractivity contribution is 0.818. The van der Waals surface area contributed by atoms with Crippen molar-refractivity contribution in [2.75, 3.05) is 0 Å². The number of aromatic nitrogens is 1. The van der Waals surface area contributed by atoms with E-state index >= 15 is 0 Å². The van der Waals surface area contributed by atoms with Gasteiger partial charge in [-0.15, -0.1) is 0 Å². The van der Waals surface area contributed by atoms with Crippen LogP contribution in [0.1, 0.15) is 74.8 Å². The number of fused-ring (bicyclic) bond motifs is 1. The zero-order valence-electron chi connectivity index (χ0n) is 14.9. The van der Waals surface area contributed by atoms with E-state index in [0.29, 0.717) is 17.0 Å². The monoisotopic (exact) mass is 340 g/mol. The van der Waals surface area contributed by atoms with Crippen LogP contribution in [0.4, 0.5) is 5.69 Å². The van der Waals surface area contributed by atoms with Crippen molar-refractivity contribution in [3.8, 4) is 0 Å². The molecule has 1 aromatic heterocycles. The highest BCUT2D eigenvalue weighted by molar-refractivity contribution is 6.29. The van der Waals surface area contributed by atoms with Gasteiger partial charge in [0.2, 0.25) is 0 Å². The summed E-state index contributed by atoms with van der Waals surface area (Å²) in [5, 5.41) is 0.546. The SMILES string of the molecule is CC(C)c1cccc(C(C)C)c1N=C1CCCc2ccc(Cl)nc21. The van der Waals surface area contributed by atoms with E-state index in [4.69, 9.17) is 16.6 Å². The first kappa shape index (κ1) is 17.2. The molecule has 0 radical (unpaired) electrons. The van der Waals surface area contributed by atoms with E-state index in [1.807, 2.05) is 6.07 Å². The summed E-state index contributed by atoms with van der Waals surface area (Å²) in [6.07, 6.45) is 3.14. The van der Waals surface area contributed by atoms with Gasteiger partial charge in [-0.2, -0.15) is 0 Å². The fourth-order valence-corrected chi connectivity index (χ4v) is 3.51. The van der Waals surface area contributed by atoms with E-state index in [-0.39, 0.29) is 0 Å². The minimum Gasteiger partial charge on any atom is -0.251 e. The summed E-state index contributed by atoms with van der Waals surface area (Å²) >= 11 is 6.14. The molecule has 0 bridgehead atoms. The van der Waals surface area contributed by atoms with Crippen LogP contribution in [0, 0.1) is 0 Å². The van der Waals surface area contributed by atoms with Gasteiger partial charge in [0.1, 0.15) is 5.15 Å². The van der Waals surface area contributed by atoms with Crippen LogP contribution in [0.3, 0.4) is 0 Å². The lowest BCUT2D eigenvalue weighted by Gasteiger charge is -2.20. The van der Waals surface area contributed by atoms with Gasteiger partial charge in [-0.05, 0) is 53.9 Å². The second kappa shape index (κ2) is 7.06. The van der Waals surface area contributed by atoms with Gasteiger partial charge in [0, 0.05) is 0 Å². The number of para-hydroxylation sites is 1. The van der Waals surface area contributed by atoms with Gasteiger partial charge in [-0.1, -0.05) is 63.6 Å². The number of hydrogen-bond donors (Lipinski definition) is 0. The van der Waals surface area contributed by atoms with Crippen LogP contribution in [-0.4, -0.2) is 10.7 Å². The van der Waals surface area contributed by atoms with Gasteiger partial charge >= 0.3 is 0 Å². The van der Waals surface area contributed by atoms with Crippen LogP contribution in [0.15, 0.2) is 35.3 Å². The summed E-state index contributed by atoms with van der Waals surface area (Å²) in [6.45, 7) is 8.92. The number of rotatable bonds is 3. The molecule has 0 fully saturated rings. The molecule has 126 valence electrons. The predicted octanol–water partition coefficient (Wildman–Crippen LogP) is 6.44. The largest absolute Gasteiger partial charge is 0.251 e. The predicted molar refractivity (Wildman–Crippen MR) is 103 cm³/mol. The topological polar surface area (TPSA) is 25.2 Å². The first-order chi connectivity index (χ1) is 11.5. The minimum atomic E-state index is 0.443. The van der Waals surface area contributed by atoms with Gasteiger partial charge in [0.25, 0.3) is 0 Å². The molecule has 0 unspecified atom stereocenters. The number of halogens is 1. The Labute approximate surface area is 150 Å². The van der Waals surface area contributed by atoms with Gasteiger partial charge in [-0.3, -0.25) is 4.99 Å². The number of nitrogens with zero attached hydrogens (tertiary/aromatic N) is 2. The third-order valence-corrected chi connectivity index (χ3v) is 4.88. The van der Waals surface area contributed by atoms with Crippen molar-refractivity contribution in [3.05, 3.63) is 57.9 Å². The molecule has 1 aliphatic rings. The van der Waals surface area contributed by atoms with E-state index < -0.39 is 0 Å². The van der Waals surface area contributed by atoms with Crippen molar-refractivity contribution in [2.24, 2.45) is 4.99 Å². The van der Waals surface area contributed by atoms with E-state index in [0.717, 1.165) is 36.4 Å². The van der Waals surface area contributed by atoms with Gasteiger partial charge in [0.05, 0.1) is 17.1 Å². The molecule has 1 aliphatic carbocycles. The molecule has 2 nitrogen and oxygen atoms in total. The molecule has 0 spiro atoms. The van der Waals surface area contributed by atoms with Crippen LogP contribution in [0.2, 0.25) is 5.15 Å². The van der Waals surface area contributed by atoms with Crippen molar-refractivity contribution in [1.82, 2.24) is 4.98 Å². The zero-order valence-corrected chi connectivity index (χ0v) is 15.7. The molecule has 0 atom stereocenters. The number of hydrogen-bond acceptors (Lipinski definition) is 2. The molecule has 3 rings (SSSR count). The van der Waals surface area contributed by atoms with E-state index in [1.165, 1.54) is 16.7 Å². The first-order valence-corrected chi connectivity index (χ1v) is 9.21. The molecular formula is C21H25ClN2. The van der Waals surface area contributed by atoms with Crippen molar-refractivity contribution < 1.29 is 0 Å². The van der Waals surface area contributed by atoms with Crippen LogP contribution in [-0.2, 0) is 6.42 Å². The Morgan fingerprint density at radius 2 is 1.62 bits per heavy atom. The molecule has 3 heteroatoms. The summed E-state index contributed by atoms with van der Waals surface area (Å²) < 4.78 is 0. The average Bonchev–Trinajstić information content (AvgIpc) is 2.55. The fraction of sp³-hybridized carbons (Fsp3) is 0.429. The van der Waals surface area contributed by atoms with Crippen molar-refractivity contribution in [2.45, 2.75) is 58.8 Å². The Kier molecular flexibility index (Phi) is 5.05. The Balaban J connectivity index is 2.18. The Morgan fingerprint density at radius 3 is 2.25 bits per heavy atom. The van der Waals surface area contributed by atoms with Crippen molar-refractivity contribution >= 4 is 23.0 Å². The maximum absolute atomic E-state index is 6.14. The minimum absolute atomic E-state index is 0.443. The molecule has 1 heterocycles. The summed E-state index contributed by atoms with van der Waals surface area (Å²) in [4.78, 5) is 9.71. The second-order valence-corrected chi connectivity index (χ2v) is 7.54. The van der Waals surface area contributed by atoms with E-state index in [2.05, 4.69) is 56.9 Å². The van der Waals surface area contributed by atoms with Gasteiger partial charge in [-0.25, -0.2) is 4.98 Å². The first-order valence-electron chi connectivity index (χ1n) is 8.83. The van der Waals surface area contributed by atoms with Crippen LogP contribution in [0.25, 0.3) is 0 Å². The molecule has 0 N–H and O–H groups in total. The number of aliphatic imine (C=N–C) groups is 1. The maximum Gasteiger partial charge on any atom is 0.129 e. The summed E-state index contributed by atoms with van der Waals surface area (Å²) in [5.41, 5.74) is 7.08. The van der Waals surface area contributed by atoms with E-state index in [1.54, 1.807) is 0 Å². The standard InChI is InChI=1S/C21H25ClN2/c1-13(2)16-8-6-9-17(14(3)4)21(16)23-18-10-5-7-15-11-12-19(22)24-20(15)18/h6,8-9,11-14H,5,7,10H2,1-4H3. The second-order valence-electron chi connectivity index (χ2n) is 7.15. The summed E-state index contributed by atoms with van der Waals surface area (Å²) in [6, 6.07) is 10.5. The highest BCUT2D eigenvalue weighted by Gasteiger charge is 2.20. The molecule has 0 aliphatic heterocycles. The van der Waals surface area contributed by atoms with Crippen LogP contribution in [0.5, 0.6) is 0 Å². The Bertz CT molecular complexity index is 749. The summed E-state index contributed by atoms with van der Waals surface area (Å²) in [7, 11) is 0. The van der Waals surface area contributed by atoms with E-state index in [9.17, 15) is 0 Å². The third-order valence-electron chi connectivity index (χ3n) is 4.67. The molecule has 1 aromatic carbocycles. The Hall–Kier alpha value is -1.67. The molecular weight excluding hydrogens is 316 g/mol. The molecule has 0 saturated carbocycles. The smallest absolute Gasteiger partial charge is 0.129 e. The molecule has 24 heavy (non-hydrogen) atoms. The summed E-state index contributed by atoms with van der Waals surface area (Å²) in [5.74, 6) is 0.886. The molecule has 2 aromatic rings. The normalized spacial score (nSPS) is 16.0. The number of benzene rings is 1. The highest BCUT2D eigenvalue weighted by atomic mass is 35.5. The maximum atomic E-state index is 6.14. The lowest BCUT2D eigenvalue weighted by atomic mass is 9.91. The fourth-order valence-electron chi connectivity index (χ4n) is 3.37. The molecule has 0 saturated heterocycles. The average molecular weight is 341 g/mol. The Morgan fingerprint density at radius 1 is 0.958 bits per heavy atom. The zero-order chi connectivity index (χ0) is 17.3. The van der Waals surface area contributed by atoms with Crippen molar-refractivity contribution in [3.63, 3.8) is 0 Å². The third kappa shape index (κ3) is 3.39. The quantitative estimate of drug-likeness (QED) is 0.590. The lowest BCUT2D eigenvalue weighted by Crippen LogP contribution is -2.14.